The topological polar surface area (TPSA) is 73.4 Å². The first-order valence-corrected chi connectivity index (χ1v) is 7.94. The summed E-state index contributed by atoms with van der Waals surface area (Å²) in [5.74, 6) is 0. The summed E-state index contributed by atoms with van der Waals surface area (Å²) in [6, 6.07) is 0. The summed E-state index contributed by atoms with van der Waals surface area (Å²) >= 11 is 3.41. The summed E-state index contributed by atoms with van der Waals surface area (Å²) in [7, 11) is 0. The van der Waals surface area contributed by atoms with Gasteiger partial charge in [-0.2, -0.15) is 5.10 Å². The molecule has 0 bridgehead atoms. The lowest BCUT2D eigenvalue weighted by Crippen LogP contribution is -2.52. The molecule has 2 heterocycles. The summed E-state index contributed by atoms with van der Waals surface area (Å²) in [6.45, 7) is 7.39. The van der Waals surface area contributed by atoms with E-state index in [0.29, 0.717) is 19.6 Å². The van der Waals surface area contributed by atoms with Crippen LogP contribution in [0.4, 0.5) is 4.79 Å². The summed E-state index contributed by atoms with van der Waals surface area (Å²) in [5, 5.41) is 4.37. The number of piperidine rings is 1. The molecule has 1 aromatic heterocycles. The molecule has 118 valence electrons. The largest absolute Gasteiger partial charge is 0.444 e. The Labute approximate surface area is 133 Å². The van der Waals surface area contributed by atoms with Crippen molar-refractivity contribution < 1.29 is 9.53 Å². The minimum atomic E-state index is -0.466. The number of ether oxygens (including phenoxy) is 1. The molecule has 2 rings (SSSR count). The molecule has 1 fully saturated rings. The van der Waals surface area contributed by atoms with Crippen molar-refractivity contribution in [3.63, 3.8) is 0 Å². The lowest BCUT2D eigenvalue weighted by atomic mass is 9.88. The van der Waals surface area contributed by atoms with Crippen molar-refractivity contribution >= 4 is 22.0 Å². The van der Waals surface area contributed by atoms with Crippen LogP contribution in [-0.2, 0) is 10.3 Å². The maximum absolute atomic E-state index is 12.1. The molecule has 1 amide bonds. The van der Waals surface area contributed by atoms with Gasteiger partial charge in [0.05, 0.1) is 16.2 Å². The van der Waals surface area contributed by atoms with Crippen LogP contribution in [0.3, 0.4) is 0 Å². The number of amides is 1. The van der Waals surface area contributed by atoms with Gasteiger partial charge in [-0.05, 0) is 49.5 Å². The fourth-order valence-corrected chi connectivity index (χ4v) is 2.80. The van der Waals surface area contributed by atoms with Gasteiger partial charge in [-0.3, -0.25) is 4.68 Å². The number of carbonyl (C=O) groups is 1. The minimum absolute atomic E-state index is 0.218. The van der Waals surface area contributed by atoms with Crippen molar-refractivity contribution in [2.24, 2.45) is 5.73 Å². The van der Waals surface area contributed by atoms with Crippen LogP contribution >= 0.6 is 15.9 Å². The van der Waals surface area contributed by atoms with Crippen molar-refractivity contribution in [1.29, 1.82) is 0 Å². The smallest absolute Gasteiger partial charge is 0.410 e. The van der Waals surface area contributed by atoms with Gasteiger partial charge in [0.1, 0.15) is 5.60 Å². The van der Waals surface area contributed by atoms with Crippen molar-refractivity contribution in [2.75, 3.05) is 19.6 Å². The second kappa shape index (κ2) is 5.96. The van der Waals surface area contributed by atoms with Gasteiger partial charge in [0, 0.05) is 25.8 Å². The van der Waals surface area contributed by atoms with Crippen LogP contribution in [0.5, 0.6) is 0 Å². The summed E-state index contributed by atoms with van der Waals surface area (Å²) in [6.07, 6.45) is 5.00. The first-order valence-electron chi connectivity index (χ1n) is 7.14. The molecule has 0 radical (unpaired) electrons. The Morgan fingerprint density at radius 1 is 1.48 bits per heavy atom. The molecule has 1 aromatic rings. The standard InChI is InChI=1S/C14H23BrN4O2/c1-13(2,3)21-12(20)18-6-4-14(10-16,5-7-18)19-9-11(15)8-17-19/h8-9H,4-7,10,16H2,1-3H3. The molecule has 6 nitrogen and oxygen atoms in total. The molecule has 0 aromatic carbocycles. The zero-order valence-electron chi connectivity index (χ0n) is 12.8. The molecule has 7 heteroatoms. The van der Waals surface area contributed by atoms with Crippen molar-refractivity contribution in [3.8, 4) is 0 Å². The predicted molar refractivity (Wildman–Crippen MR) is 84.0 cm³/mol. The molecule has 1 aliphatic heterocycles. The normalized spacial score (nSPS) is 18.6. The van der Waals surface area contributed by atoms with E-state index in [4.69, 9.17) is 10.5 Å². The number of carbonyl (C=O) groups excluding carboxylic acids is 1. The van der Waals surface area contributed by atoms with Crippen LogP contribution in [0.1, 0.15) is 33.6 Å². The van der Waals surface area contributed by atoms with Crippen LogP contribution < -0.4 is 5.73 Å². The molecule has 0 aliphatic carbocycles. The Bertz CT molecular complexity index is 501. The number of rotatable bonds is 2. The van der Waals surface area contributed by atoms with E-state index < -0.39 is 5.60 Å². The van der Waals surface area contributed by atoms with E-state index in [-0.39, 0.29) is 11.6 Å². The second-order valence-electron chi connectivity index (χ2n) is 6.50. The highest BCUT2D eigenvalue weighted by atomic mass is 79.9. The predicted octanol–water partition coefficient (Wildman–Crippen LogP) is 2.33. The van der Waals surface area contributed by atoms with Gasteiger partial charge in [0.25, 0.3) is 0 Å². The van der Waals surface area contributed by atoms with E-state index in [1.807, 2.05) is 31.6 Å². The molecule has 2 N–H and O–H groups in total. The van der Waals surface area contributed by atoms with Crippen LogP contribution in [0.2, 0.25) is 0 Å². The molecule has 21 heavy (non-hydrogen) atoms. The van der Waals surface area contributed by atoms with Crippen LogP contribution in [0, 0.1) is 0 Å². The van der Waals surface area contributed by atoms with Crippen molar-refractivity contribution in [2.45, 2.75) is 44.8 Å². The minimum Gasteiger partial charge on any atom is -0.444 e. The summed E-state index contributed by atoms with van der Waals surface area (Å²) < 4.78 is 8.27. The lowest BCUT2D eigenvalue weighted by molar-refractivity contribution is 0.0109. The third-order valence-corrected chi connectivity index (χ3v) is 4.17. The molecule has 0 unspecified atom stereocenters. The fraction of sp³-hybridized carbons (Fsp3) is 0.714. The van der Waals surface area contributed by atoms with E-state index in [1.54, 1.807) is 11.1 Å². The molecular weight excluding hydrogens is 336 g/mol. The number of hydrogen-bond donors (Lipinski definition) is 1. The summed E-state index contributed by atoms with van der Waals surface area (Å²) in [5.41, 5.74) is 5.31. The molecule has 0 spiro atoms. The van der Waals surface area contributed by atoms with E-state index in [0.717, 1.165) is 17.3 Å². The molecule has 1 aliphatic rings. The Balaban J connectivity index is 2.03. The molecule has 0 atom stereocenters. The quantitative estimate of drug-likeness (QED) is 0.880. The first-order chi connectivity index (χ1) is 9.76. The number of likely N-dealkylation sites (tertiary alicyclic amines) is 1. The van der Waals surface area contributed by atoms with Crippen molar-refractivity contribution in [3.05, 3.63) is 16.9 Å². The van der Waals surface area contributed by atoms with E-state index in [1.165, 1.54) is 0 Å². The zero-order chi connectivity index (χ0) is 15.7. The average molecular weight is 359 g/mol. The molecule has 1 saturated heterocycles. The van der Waals surface area contributed by atoms with E-state index in [9.17, 15) is 4.79 Å². The van der Waals surface area contributed by atoms with Gasteiger partial charge >= 0.3 is 6.09 Å². The number of nitrogens with zero attached hydrogens (tertiary/aromatic N) is 3. The number of nitrogens with two attached hydrogens (primary N) is 1. The monoisotopic (exact) mass is 358 g/mol. The van der Waals surface area contributed by atoms with E-state index >= 15 is 0 Å². The summed E-state index contributed by atoms with van der Waals surface area (Å²) in [4.78, 5) is 13.8. The molecular formula is C14H23BrN4O2. The highest BCUT2D eigenvalue weighted by Crippen LogP contribution is 2.30. The third kappa shape index (κ3) is 3.77. The lowest BCUT2D eigenvalue weighted by Gasteiger charge is -2.41. The molecule has 0 saturated carbocycles. The van der Waals surface area contributed by atoms with Crippen LogP contribution in [0.25, 0.3) is 0 Å². The van der Waals surface area contributed by atoms with Gasteiger partial charge in [-0.25, -0.2) is 4.79 Å². The second-order valence-corrected chi connectivity index (χ2v) is 7.41. The number of hydrogen-bond acceptors (Lipinski definition) is 4. The van der Waals surface area contributed by atoms with E-state index in [2.05, 4.69) is 21.0 Å². The highest BCUT2D eigenvalue weighted by Gasteiger charge is 2.38. The Kier molecular flexibility index (Phi) is 4.63. The number of halogens is 1. The van der Waals surface area contributed by atoms with Gasteiger partial charge in [0.15, 0.2) is 0 Å². The van der Waals surface area contributed by atoms with Gasteiger partial charge in [-0.1, -0.05) is 0 Å². The maximum Gasteiger partial charge on any atom is 0.410 e. The van der Waals surface area contributed by atoms with Gasteiger partial charge in [-0.15, -0.1) is 0 Å². The Morgan fingerprint density at radius 2 is 2.10 bits per heavy atom. The number of aromatic nitrogens is 2. The van der Waals surface area contributed by atoms with Crippen molar-refractivity contribution in [1.82, 2.24) is 14.7 Å². The maximum atomic E-state index is 12.1. The average Bonchev–Trinajstić information content (AvgIpc) is 2.84. The third-order valence-electron chi connectivity index (χ3n) is 3.76. The zero-order valence-corrected chi connectivity index (χ0v) is 14.4. The van der Waals surface area contributed by atoms with Gasteiger partial charge < -0.3 is 15.4 Å². The van der Waals surface area contributed by atoms with Crippen LogP contribution in [-0.4, -0.2) is 46.0 Å². The first kappa shape index (κ1) is 16.3. The fourth-order valence-electron chi connectivity index (χ4n) is 2.52. The van der Waals surface area contributed by atoms with Gasteiger partial charge in [0.2, 0.25) is 0 Å². The highest BCUT2D eigenvalue weighted by molar-refractivity contribution is 9.10. The Hall–Kier alpha value is -1.08. The van der Waals surface area contributed by atoms with Crippen LogP contribution in [0.15, 0.2) is 16.9 Å². The Morgan fingerprint density at radius 3 is 2.52 bits per heavy atom. The SMILES string of the molecule is CC(C)(C)OC(=O)N1CCC(CN)(n2cc(Br)cn2)CC1.